The maximum Gasteiger partial charge on any atom is 0.342 e. The first-order valence-corrected chi connectivity index (χ1v) is 10.6. The zero-order chi connectivity index (χ0) is 23.0. The number of hydrogen-bond acceptors (Lipinski definition) is 5. The van der Waals surface area contributed by atoms with Gasteiger partial charge < -0.3 is 9.47 Å². The molecule has 3 aromatic rings. The fourth-order valence-electron chi connectivity index (χ4n) is 4.42. The largest absolute Gasteiger partial charge is 0.494 e. The van der Waals surface area contributed by atoms with E-state index in [-0.39, 0.29) is 29.2 Å². The third-order valence-electron chi connectivity index (χ3n) is 6.30. The van der Waals surface area contributed by atoms with Crippen LogP contribution in [0.5, 0.6) is 5.75 Å². The maximum atomic E-state index is 14.1. The second-order valence-electron chi connectivity index (χ2n) is 8.38. The quantitative estimate of drug-likeness (QED) is 0.456. The van der Waals surface area contributed by atoms with Gasteiger partial charge in [0.15, 0.2) is 11.6 Å². The van der Waals surface area contributed by atoms with Crippen LogP contribution in [0.2, 0.25) is 0 Å². The lowest BCUT2D eigenvalue weighted by Gasteiger charge is -2.26. The van der Waals surface area contributed by atoms with E-state index >= 15 is 0 Å². The first kappa shape index (κ1) is 21.8. The normalized spacial score (nSPS) is 18.6. The van der Waals surface area contributed by atoms with Crippen molar-refractivity contribution in [2.45, 2.75) is 32.2 Å². The molecule has 0 atom stereocenters. The molecule has 0 bridgehead atoms. The molecule has 1 aliphatic rings. The number of nitrogens with two attached hydrogens (primary N) is 1. The number of fused-ring (bicyclic) bond motifs is 1. The lowest BCUT2D eigenvalue weighted by molar-refractivity contribution is -0.141. The second kappa shape index (κ2) is 8.60. The van der Waals surface area contributed by atoms with Crippen LogP contribution < -0.4 is 15.8 Å². The number of hydrogen-bond donors (Lipinski definition) is 2. The van der Waals surface area contributed by atoms with Crippen LogP contribution in [0.15, 0.2) is 29.3 Å². The molecule has 170 valence electrons. The molecule has 1 aromatic carbocycles. The molecule has 1 saturated carbocycles. The van der Waals surface area contributed by atoms with Gasteiger partial charge in [-0.15, -0.1) is 0 Å². The van der Waals surface area contributed by atoms with Gasteiger partial charge in [-0.05, 0) is 31.6 Å². The summed E-state index contributed by atoms with van der Waals surface area (Å²) in [4.78, 5) is 12.8. The Morgan fingerprint density at radius 2 is 1.97 bits per heavy atom. The summed E-state index contributed by atoms with van der Waals surface area (Å²) in [6, 6.07) is 2.93. The number of imidazole rings is 1. The van der Waals surface area contributed by atoms with Gasteiger partial charge >= 0.3 is 11.6 Å². The summed E-state index contributed by atoms with van der Waals surface area (Å²) in [6.45, 7) is 0.546. The number of aryl methyl sites for hydroxylation is 2. The number of nitrogens with one attached hydrogen (secondary N) is 1. The molecule has 2 heterocycles. The highest BCUT2D eigenvalue weighted by Crippen LogP contribution is 2.31. The first-order valence-electron chi connectivity index (χ1n) is 10.6. The lowest BCUT2D eigenvalue weighted by Crippen LogP contribution is -2.48. The van der Waals surface area contributed by atoms with Gasteiger partial charge in [-0.2, -0.15) is 5.10 Å². The summed E-state index contributed by atoms with van der Waals surface area (Å²) in [5.74, 6) is 0.311. The third kappa shape index (κ3) is 4.04. The molecular formula is C22H28FN6O3+. The highest BCUT2D eigenvalue weighted by molar-refractivity contribution is 5.98. The monoisotopic (exact) mass is 443 g/mol. The Morgan fingerprint density at radius 3 is 2.59 bits per heavy atom. The van der Waals surface area contributed by atoms with Gasteiger partial charge in [-0.1, -0.05) is 0 Å². The summed E-state index contributed by atoms with van der Waals surface area (Å²) < 4.78 is 29.6. The molecule has 0 radical (unpaired) electrons. The van der Waals surface area contributed by atoms with Gasteiger partial charge in [0, 0.05) is 39.0 Å². The van der Waals surface area contributed by atoms with E-state index in [1.54, 1.807) is 41.8 Å². The highest BCUT2D eigenvalue weighted by Gasteiger charge is 2.30. The van der Waals surface area contributed by atoms with Gasteiger partial charge in [0.2, 0.25) is 5.90 Å². The van der Waals surface area contributed by atoms with Crippen LogP contribution in [0.25, 0.3) is 11.0 Å². The van der Waals surface area contributed by atoms with E-state index in [0.717, 1.165) is 25.7 Å². The molecule has 9 nitrogen and oxygen atoms in total. The summed E-state index contributed by atoms with van der Waals surface area (Å²) in [5.41, 5.74) is 1.61. The molecule has 2 aromatic heterocycles. The van der Waals surface area contributed by atoms with E-state index < -0.39 is 5.82 Å². The average Bonchev–Trinajstić information content (AvgIpc) is 3.31. The minimum Gasteiger partial charge on any atom is -0.494 e. The molecule has 0 aliphatic heterocycles. The Labute approximate surface area is 184 Å². The predicted octanol–water partition coefficient (Wildman–Crippen LogP) is 1.23. The molecule has 3 N–H and O–H groups in total. The molecule has 10 heteroatoms. The van der Waals surface area contributed by atoms with Crippen molar-refractivity contribution in [2.24, 2.45) is 25.9 Å². The molecule has 4 rings (SSSR count). The van der Waals surface area contributed by atoms with Gasteiger partial charge in [0.1, 0.15) is 0 Å². The summed E-state index contributed by atoms with van der Waals surface area (Å²) in [5, 5.41) is 18.3. The molecule has 1 aliphatic carbocycles. The topological polar surface area (TPSA) is 113 Å². The molecule has 0 saturated heterocycles. The van der Waals surface area contributed by atoms with E-state index in [0.29, 0.717) is 29.0 Å². The van der Waals surface area contributed by atoms with Gasteiger partial charge in [-0.3, -0.25) is 19.2 Å². The van der Waals surface area contributed by atoms with Crippen LogP contribution in [0.4, 0.5) is 4.39 Å². The number of halogens is 1. The Hall–Kier alpha value is -3.43. The fourth-order valence-corrected chi connectivity index (χ4v) is 4.42. The number of methoxy groups -OCH3 is 1. The van der Waals surface area contributed by atoms with Crippen LogP contribution in [0, 0.1) is 23.1 Å². The standard InChI is InChI=1S/C22H27FN6O3/c1-27-12-15(10-26-27)21(25)32-20(24)14-6-4-13(5-7-14)11-29-18-9-19(31-3)16(23)8-17(18)28(2)22(29)30/h8-10,12-14,24-25H,4-7,11H2,1-3H3/p+1. The Bertz CT molecular complexity index is 1230. The third-order valence-corrected chi connectivity index (χ3v) is 6.30. The van der Waals surface area contributed by atoms with E-state index in [1.807, 2.05) is 0 Å². The van der Waals surface area contributed by atoms with Crippen LogP contribution in [0.1, 0.15) is 31.2 Å². The van der Waals surface area contributed by atoms with Crippen LogP contribution >= 0.6 is 0 Å². The molecule has 0 spiro atoms. The number of benzene rings is 1. The molecule has 1 fully saturated rings. The number of nitrogens with zero attached hydrogens (tertiary/aromatic N) is 4. The summed E-state index contributed by atoms with van der Waals surface area (Å²) in [7, 11) is 4.83. The van der Waals surface area contributed by atoms with Crippen LogP contribution in [-0.4, -0.2) is 37.8 Å². The van der Waals surface area contributed by atoms with Gasteiger partial charge in [0.05, 0.1) is 35.8 Å². The van der Waals surface area contributed by atoms with Crippen molar-refractivity contribution in [2.75, 3.05) is 7.11 Å². The number of aromatic nitrogens is 4. The van der Waals surface area contributed by atoms with Crippen LogP contribution in [-0.2, 0) is 25.4 Å². The smallest absolute Gasteiger partial charge is 0.342 e. The van der Waals surface area contributed by atoms with E-state index in [9.17, 15) is 9.18 Å². The summed E-state index contributed by atoms with van der Waals surface area (Å²) in [6.07, 6.45) is 6.64. The van der Waals surface area contributed by atoms with Gasteiger partial charge in [-0.25, -0.2) is 14.6 Å². The van der Waals surface area contributed by atoms with Gasteiger partial charge in [0.25, 0.3) is 0 Å². The zero-order valence-electron chi connectivity index (χ0n) is 18.5. The van der Waals surface area contributed by atoms with Crippen molar-refractivity contribution in [1.29, 1.82) is 5.41 Å². The molecule has 0 amide bonds. The first-order chi connectivity index (χ1) is 15.3. The molecule has 32 heavy (non-hydrogen) atoms. The molecule has 0 unspecified atom stereocenters. The Balaban J connectivity index is 1.41. The predicted molar refractivity (Wildman–Crippen MR) is 117 cm³/mol. The lowest BCUT2D eigenvalue weighted by atomic mass is 9.82. The minimum absolute atomic E-state index is 0.0128. The summed E-state index contributed by atoms with van der Waals surface area (Å²) >= 11 is 0. The van der Waals surface area contributed by atoms with E-state index in [4.69, 9.17) is 20.3 Å². The minimum atomic E-state index is -0.490. The van der Waals surface area contributed by atoms with E-state index in [1.165, 1.54) is 17.7 Å². The van der Waals surface area contributed by atoms with Crippen molar-refractivity contribution in [3.63, 3.8) is 0 Å². The number of ether oxygens (including phenoxy) is 2. The second-order valence-corrected chi connectivity index (χ2v) is 8.38. The Morgan fingerprint density at radius 1 is 1.25 bits per heavy atom. The fraction of sp³-hybridized carbons (Fsp3) is 0.455. The van der Waals surface area contributed by atoms with Crippen LogP contribution in [0.3, 0.4) is 0 Å². The van der Waals surface area contributed by atoms with Crippen molar-refractivity contribution in [3.8, 4) is 5.75 Å². The van der Waals surface area contributed by atoms with Crippen molar-refractivity contribution >= 4 is 22.8 Å². The number of rotatable bonds is 5. The van der Waals surface area contributed by atoms with Crippen molar-refractivity contribution in [3.05, 3.63) is 46.4 Å². The zero-order valence-corrected chi connectivity index (χ0v) is 18.5. The SMILES string of the molecule is COc1cc2c(cc1F)n(C)c(=O)n2CC1CCC(C(=[NH2+])OC(=N)c2cnn(C)c2)CC1. The maximum absolute atomic E-state index is 14.1. The average molecular weight is 444 g/mol. The van der Waals surface area contributed by atoms with Crippen molar-refractivity contribution < 1.29 is 19.3 Å². The highest BCUT2D eigenvalue weighted by atomic mass is 19.1. The van der Waals surface area contributed by atoms with Crippen molar-refractivity contribution in [1.82, 2.24) is 18.9 Å². The molecular weight excluding hydrogens is 415 g/mol. The Kier molecular flexibility index (Phi) is 5.86. The van der Waals surface area contributed by atoms with E-state index in [2.05, 4.69) is 5.10 Å².